The van der Waals surface area contributed by atoms with Crippen LogP contribution in [0, 0.1) is 0 Å². The van der Waals surface area contributed by atoms with Gasteiger partial charge in [-0.05, 0) is 18.1 Å². The molecule has 2 N–H and O–H groups in total. The predicted octanol–water partition coefficient (Wildman–Crippen LogP) is 1.30. The number of hydrogen-bond donors (Lipinski definition) is 1. The summed E-state index contributed by atoms with van der Waals surface area (Å²) in [7, 11) is 0. The Kier molecular flexibility index (Phi) is 1.55. The number of hydrogen-bond acceptors (Lipinski definition) is 2. The summed E-state index contributed by atoms with van der Waals surface area (Å²) in [5.74, 6) is 0.950. The zero-order chi connectivity index (χ0) is 7.68. The van der Waals surface area contributed by atoms with Crippen molar-refractivity contribution in [3.8, 4) is 5.75 Å². The van der Waals surface area contributed by atoms with E-state index in [1.54, 1.807) is 0 Å². The third-order valence-electron chi connectivity index (χ3n) is 1.95. The van der Waals surface area contributed by atoms with Crippen molar-refractivity contribution < 1.29 is 4.74 Å². The lowest BCUT2D eigenvalue weighted by Crippen LogP contribution is -2.30. The van der Waals surface area contributed by atoms with Gasteiger partial charge < -0.3 is 4.74 Å². The number of nitrogens with two attached hydrogens (primary N) is 1. The van der Waals surface area contributed by atoms with Crippen molar-refractivity contribution in [1.29, 1.82) is 0 Å². The molecule has 1 aromatic carbocycles. The summed E-state index contributed by atoms with van der Waals surface area (Å²) in [5.41, 5.74) is 6.90. The number of aryl methyl sites for hydroxylation is 1. The molecule has 0 saturated carbocycles. The molecule has 1 atom stereocenters. The van der Waals surface area contributed by atoms with Crippen LogP contribution in [0.25, 0.3) is 0 Å². The second-order valence-electron chi connectivity index (χ2n) is 2.80. The highest BCUT2D eigenvalue weighted by Crippen LogP contribution is 2.24. The number of para-hydroxylation sites is 1. The van der Waals surface area contributed by atoms with Crippen LogP contribution in [-0.4, -0.2) is 6.23 Å². The van der Waals surface area contributed by atoms with E-state index in [2.05, 4.69) is 6.07 Å². The van der Waals surface area contributed by atoms with E-state index in [4.69, 9.17) is 10.5 Å². The highest BCUT2D eigenvalue weighted by molar-refractivity contribution is 5.34. The van der Waals surface area contributed by atoms with E-state index in [0.717, 1.165) is 18.6 Å². The van der Waals surface area contributed by atoms with Crippen molar-refractivity contribution in [3.63, 3.8) is 0 Å². The predicted molar refractivity (Wildman–Crippen MR) is 43.4 cm³/mol. The molecular weight excluding hydrogens is 138 g/mol. The second-order valence-corrected chi connectivity index (χ2v) is 2.80. The Morgan fingerprint density at radius 3 is 3.09 bits per heavy atom. The summed E-state index contributed by atoms with van der Waals surface area (Å²) in [6, 6.07) is 8.05. The van der Waals surface area contributed by atoms with Crippen LogP contribution in [0.5, 0.6) is 5.75 Å². The van der Waals surface area contributed by atoms with Crippen LogP contribution >= 0.6 is 0 Å². The van der Waals surface area contributed by atoms with Crippen molar-refractivity contribution >= 4 is 0 Å². The van der Waals surface area contributed by atoms with Gasteiger partial charge in [-0.2, -0.15) is 0 Å². The minimum Gasteiger partial charge on any atom is -0.475 e. The van der Waals surface area contributed by atoms with E-state index in [-0.39, 0.29) is 6.23 Å². The van der Waals surface area contributed by atoms with Gasteiger partial charge in [-0.1, -0.05) is 18.2 Å². The van der Waals surface area contributed by atoms with Gasteiger partial charge >= 0.3 is 0 Å². The molecule has 2 rings (SSSR count). The van der Waals surface area contributed by atoms with Gasteiger partial charge in [-0.3, -0.25) is 5.73 Å². The Labute approximate surface area is 66.0 Å². The Morgan fingerprint density at radius 2 is 2.18 bits per heavy atom. The maximum absolute atomic E-state index is 5.63. The van der Waals surface area contributed by atoms with Crippen LogP contribution in [0.4, 0.5) is 0 Å². The average Bonchev–Trinajstić information content (AvgIpc) is 2.04. The SMILES string of the molecule is N[C@H]1CCc2ccccc2O1. The Hall–Kier alpha value is -1.02. The summed E-state index contributed by atoms with van der Waals surface area (Å²) in [6.07, 6.45) is 1.86. The Morgan fingerprint density at radius 1 is 1.36 bits per heavy atom. The molecule has 1 aliphatic rings. The quantitative estimate of drug-likeness (QED) is 0.603. The third kappa shape index (κ3) is 1.21. The zero-order valence-electron chi connectivity index (χ0n) is 6.29. The lowest BCUT2D eigenvalue weighted by molar-refractivity contribution is 0.181. The normalized spacial score (nSPS) is 22.1. The Balaban J connectivity index is 2.34. The van der Waals surface area contributed by atoms with Crippen LogP contribution < -0.4 is 10.5 Å². The topological polar surface area (TPSA) is 35.2 Å². The first-order chi connectivity index (χ1) is 5.36. The number of rotatable bonds is 0. The van der Waals surface area contributed by atoms with E-state index in [9.17, 15) is 0 Å². The van der Waals surface area contributed by atoms with Gasteiger partial charge in [0.25, 0.3) is 0 Å². The number of benzene rings is 1. The molecular formula is C9H11NO. The van der Waals surface area contributed by atoms with E-state index >= 15 is 0 Å². The van der Waals surface area contributed by atoms with E-state index in [1.165, 1.54) is 5.56 Å². The van der Waals surface area contributed by atoms with Gasteiger partial charge in [0.05, 0.1) is 0 Å². The van der Waals surface area contributed by atoms with Gasteiger partial charge in [0.2, 0.25) is 0 Å². The molecule has 0 radical (unpaired) electrons. The number of fused-ring (bicyclic) bond motifs is 1. The lowest BCUT2D eigenvalue weighted by Gasteiger charge is -2.22. The van der Waals surface area contributed by atoms with Crippen molar-refractivity contribution in [3.05, 3.63) is 29.8 Å². The maximum atomic E-state index is 5.63. The molecule has 0 unspecified atom stereocenters. The first-order valence-corrected chi connectivity index (χ1v) is 3.86. The lowest BCUT2D eigenvalue weighted by atomic mass is 10.1. The largest absolute Gasteiger partial charge is 0.475 e. The second kappa shape index (κ2) is 2.55. The monoisotopic (exact) mass is 149 g/mol. The highest BCUT2D eigenvalue weighted by Gasteiger charge is 2.14. The molecule has 0 fully saturated rings. The molecule has 0 aliphatic carbocycles. The average molecular weight is 149 g/mol. The summed E-state index contributed by atoms with van der Waals surface area (Å²) in [6.45, 7) is 0. The molecule has 0 aromatic heterocycles. The van der Waals surface area contributed by atoms with Crippen LogP contribution in [-0.2, 0) is 6.42 Å². The van der Waals surface area contributed by atoms with Crippen molar-refractivity contribution in [2.75, 3.05) is 0 Å². The summed E-state index contributed by atoms with van der Waals surface area (Å²) >= 11 is 0. The maximum Gasteiger partial charge on any atom is 0.148 e. The fraction of sp³-hybridized carbons (Fsp3) is 0.333. The summed E-state index contributed by atoms with van der Waals surface area (Å²) < 4.78 is 5.41. The highest BCUT2D eigenvalue weighted by atomic mass is 16.5. The first kappa shape index (κ1) is 6.68. The van der Waals surface area contributed by atoms with Gasteiger partial charge in [0.15, 0.2) is 0 Å². The summed E-state index contributed by atoms with van der Waals surface area (Å²) in [4.78, 5) is 0. The number of ether oxygens (including phenoxy) is 1. The molecule has 1 heterocycles. The van der Waals surface area contributed by atoms with Crippen LogP contribution in [0.3, 0.4) is 0 Å². The van der Waals surface area contributed by atoms with Gasteiger partial charge in [0.1, 0.15) is 12.0 Å². The Bertz CT molecular complexity index is 259. The van der Waals surface area contributed by atoms with E-state index in [0.29, 0.717) is 0 Å². The molecule has 0 bridgehead atoms. The molecule has 1 aromatic rings. The fourth-order valence-electron chi connectivity index (χ4n) is 1.35. The molecule has 0 amide bonds. The minimum atomic E-state index is -0.107. The molecule has 1 aliphatic heterocycles. The van der Waals surface area contributed by atoms with Gasteiger partial charge in [-0.25, -0.2) is 0 Å². The summed E-state index contributed by atoms with van der Waals surface area (Å²) in [5, 5.41) is 0. The molecule has 2 heteroatoms. The third-order valence-corrected chi connectivity index (χ3v) is 1.95. The minimum absolute atomic E-state index is 0.107. The van der Waals surface area contributed by atoms with Crippen molar-refractivity contribution in [1.82, 2.24) is 0 Å². The zero-order valence-corrected chi connectivity index (χ0v) is 6.29. The first-order valence-electron chi connectivity index (χ1n) is 3.86. The van der Waals surface area contributed by atoms with Gasteiger partial charge in [0, 0.05) is 6.42 Å². The molecule has 0 spiro atoms. The van der Waals surface area contributed by atoms with Crippen LogP contribution in [0.15, 0.2) is 24.3 Å². The van der Waals surface area contributed by atoms with E-state index in [1.807, 2.05) is 18.2 Å². The van der Waals surface area contributed by atoms with E-state index < -0.39 is 0 Å². The molecule has 11 heavy (non-hydrogen) atoms. The van der Waals surface area contributed by atoms with Crippen LogP contribution in [0.1, 0.15) is 12.0 Å². The molecule has 0 saturated heterocycles. The van der Waals surface area contributed by atoms with Crippen molar-refractivity contribution in [2.45, 2.75) is 19.1 Å². The van der Waals surface area contributed by atoms with Crippen molar-refractivity contribution in [2.24, 2.45) is 5.73 Å². The molecule has 58 valence electrons. The molecule has 2 nitrogen and oxygen atoms in total. The van der Waals surface area contributed by atoms with Crippen LogP contribution in [0.2, 0.25) is 0 Å². The smallest absolute Gasteiger partial charge is 0.148 e. The standard InChI is InChI=1S/C9H11NO/c10-9-6-5-7-3-1-2-4-8(7)11-9/h1-4,9H,5-6,10H2/t9-/m1/s1. The van der Waals surface area contributed by atoms with Gasteiger partial charge in [-0.15, -0.1) is 0 Å². The fourth-order valence-corrected chi connectivity index (χ4v) is 1.35.